The van der Waals surface area contributed by atoms with E-state index in [2.05, 4.69) is 6.08 Å². The number of aliphatic hydroxyl groups excluding tert-OH is 2. The fourth-order valence-corrected chi connectivity index (χ4v) is 6.32. The summed E-state index contributed by atoms with van der Waals surface area (Å²) in [7, 11) is 0. The van der Waals surface area contributed by atoms with Gasteiger partial charge in [0.2, 0.25) is 6.43 Å². The molecule has 0 amide bonds. The second kappa shape index (κ2) is 11.1. The number of aliphatic hydroxyl groups is 2. The number of fused-ring (bicyclic) bond motifs is 1. The molecule has 3 heterocycles. The summed E-state index contributed by atoms with van der Waals surface area (Å²) in [6, 6.07) is 3.28. The lowest BCUT2D eigenvalue weighted by molar-refractivity contribution is -0.0105. The van der Waals surface area contributed by atoms with Gasteiger partial charge in [-0.2, -0.15) is 0 Å². The summed E-state index contributed by atoms with van der Waals surface area (Å²) in [5.74, 6) is 0.262. The number of alkyl halides is 2. The molecule has 0 saturated carbocycles. The van der Waals surface area contributed by atoms with Gasteiger partial charge in [-0.05, 0) is 42.9 Å². The zero-order chi connectivity index (χ0) is 26.0. The molecule has 0 radical (unpaired) electrons. The van der Waals surface area contributed by atoms with Crippen molar-refractivity contribution in [2.45, 2.75) is 56.4 Å². The fourth-order valence-electron chi connectivity index (χ4n) is 5.11. The molecule has 0 aromatic heterocycles. The Balaban J connectivity index is 1.89. The first-order valence-electron chi connectivity index (χ1n) is 11.9. The highest BCUT2D eigenvalue weighted by Crippen LogP contribution is 2.50. The van der Waals surface area contributed by atoms with Crippen molar-refractivity contribution in [1.82, 2.24) is 4.90 Å². The largest absolute Gasteiger partial charge is 0.394 e. The Hall–Kier alpha value is -2.07. The minimum atomic E-state index is -2.53. The Bertz CT molecular complexity index is 1130. The van der Waals surface area contributed by atoms with E-state index < -0.39 is 42.8 Å². The number of nitrogens with zero attached hydrogens (tertiary/aromatic N) is 2. The molecule has 36 heavy (non-hydrogen) atoms. The van der Waals surface area contributed by atoms with Gasteiger partial charge in [-0.3, -0.25) is 4.99 Å². The molecule has 1 aromatic carbocycles. The molecule has 4 rings (SSSR count). The van der Waals surface area contributed by atoms with E-state index in [0.717, 1.165) is 18.0 Å². The van der Waals surface area contributed by atoms with Crippen molar-refractivity contribution in [3.05, 3.63) is 69.5 Å². The van der Waals surface area contributed by atoms with E-state index in [1.807, 2.05) is 17.2 Å². The lowest BCUT2D eigenvalue weighted by Crippen LogP contribution is -2.44. The van der Waals surface area contributed by atoms with Crippen molar-refractivity contribution in [3.8, 4) is 0 Å². The molecule has 0 spiro atoms. The number of hydrogen-bond acceptors (Lipinski definition) is 6. The molecule has 0 bridgehead atoms. The number of rotatable bonds is 9. The summed E-state index contributed by atoms with van der Waals surface area (Å²) >= 11 is 8.08. The van der Waals surface area contributed by atoms with Crippen LogP contribution in [-0.4, -0.2) is 57.6 Å². The maximum absolute atomic E-state index is 13.9. The summed E-state index contributed by atoms with van der Waals surface area (Å²) in [5.41, 5.74) is 1.07. The smallest absolute Gasteiger partial charge is 0.242 e. The molecule has 10 heteroatoms. The van der Waals surface area contributed by atoms with Crippen LogP contribution >= 0.6 is 23.4 Å². The molecule has 3 aliphatic rings. The van der Waals surface area contributed by atoms with Gasteiger partial charge in [-0.25, -0.2) is 13.2 Å². The lowest BCUT2D eigenvalue weighted by Gasteiger charge is -2.36. The first-order chi connectivity index (χ1) is 17.2. The van der Waals surface area contributed by atoms with Crippen LogP contribution in [0.5, 0.6) is 0 Å². The van der Waals surface area contributed by atoms with Gasteiger partial charge >= 0.3 is 0 Å². The fraction of sp³-hybridized carbons (Fsp3) is 0.462. The van der Waals surface area contributed by atoms with E-state index in [1.54, 1.807) is 17.8 Å². The Morgan fingerprint density at radius 1 is 1.42 bits per heavy atom. The van der Waals surface area contributed by atoms with Crippen molar-refractivity contribution in [1.29, 1.82) is 5.41 Å². The standard InChI is InChI=1S/C26H29ClF3N3O2S/c1-2-26(21(35)13-34)12-19-23(18(31)5-3-7-22(29)30)24(16-9-8-15(28)11-17(16)27)32-25(33(19)14-26)20-6-4-10-36-20/h3-5,8-11,20-22,24,31,34-35H,2,6-7,12-14H2,1H3/b5-3-,31-18?/t20?,21?,24-,26+/m0/s1. The van der Waals surface area contributed by atoms with Gasteiger partial charge in [0.25, 0.3) is 0 Å². The molecular weight excluding hydrogens is 511 g/mol. The summed E-state index contributed by atoms with van der Waals surface area (Å²) in [4.78, 5) is 7.07. The van der Waals surface area contributed by atoms with E-state index in [1.165, 1.54) is 24.3 Å². The van der Waals surface area contributed by atoms with Crippen molar-refractivity contribution >= 4 is 34.9 Å². The second-order valence-corrected chi connectivity index (χ2v) is 10.8. The Labute approximate surface area is 217 Å². The second-order valence-electron chi connectivity index (χ2n) is 9.27. The minimum Gasteiger partial charge on any atom is -0.394 e. The average molecular weight is 540 g/mol. The number of allylic oxidation sites excluding steroid dienone is 4. The van der Waals surface area contributed by atoms with E-state index in [4.69, 9.17) is 22.0 Å². The van der Waals surface area contributed by atoms with E-state index in [9.17, 15) is 23.4 Å². The molecule has 2 unspecified atom stereocenters. The first-order valence-corrected chi connectivity index (χ1v) is 13.2. The van der Waals surface area contributed by atoms with Crippen LogP contribution < -0.4 is 0 Å². The maximum atomic E-state index is 13.9. The molecule has 3 aliphatic heterocycles. The van der Waals surface area contributed by atoms with Gasteiger partial charge in [0.1, 0.15) is 17.7 Å². The predicted molar refractivity (Wildman–Crippen MR) is 138 cm³/mol. The summed E-state index contributed by atoms with van der Waals surface area (Å²) in [6.45, 7) is 1.94. The Morgan fingerprint density at radius 3 is 2.81 bits per heavy atom. The van der Waals surface area contributed by atoms with Crippen LogP contribution in [0.25, 0.3) is 0 Å². The van der Waals surface area contributed by atoms with Crippen LogP contribution in [-0.2, 0) is 0 Å². The molecule has 3 N–H and O–H groups in total. The van der Waals surface area contributed by atoms with Gasteiger partial charge in [0.15, 0.2) is 0 Å². The lowest BCUT2D eigenvalue weighted by atomic mass is 9.77. The number of nitrogens with one attached hydrogen (secondary N) is 1. The summed E-state index contributed by atoms with van der Waals surface area (Å²) < 4.78 is 39.5. The molecule has 1 fully saturated rings. The molecule has 0 aliphatic carbocycles. The Kier molecular flexibility index (Phi) is 8.34. The minimum absolute atomic E-state index is 0.00533. The number of aliphatic imine (C=N–C) groups is 1. The third-order valence-corrected chi connectivity index (χ3v) is 8.56. The van der Waals surface area contributed by atoms with E-state index in [0.29, 0.717) is 30.5 Å². The average Bonchev–Trinajstić information content (AvgIpc) is 3.51. The van der Waals surface area contributed by atoms with Crippen molar-refractivity contribution in [3.63, 3.8) is 0 Å². The molecule has 1 aromatic rings. The van der Waals surface area contributed by atoms with Gasteiger partial charge in [-0.1, -0.05) is 36.7 Å². The monoisotopic (exact) mass is 539 g/mol. The van der Waals surface area contributed by atoms with Crippen LogP contribution in [0.3, 0.4) is 0 Å². The van der Waals surface area contributed by atoms with Crippen LogP contribution in [0.15, 0.2) is 58.1 Å². The van der Waals surface area contributed by atoms with E-state index >= 15 is 0 Å². The van der Waals surface area contributed by atoms with Crippen LogP contribution in [0.2, 0.25) is 5.02 Å². The third kappa shape index (κ3) is 5.16. The highest BCUT2D eigenvalue weighted by molar-refractivity contribution is 8.03. The van der Waals surface area contributed by atoms with Gasteiger partial charge < -0.3 is 20.5 Å². The number of thioether (sulfide) groups is 1. The van der Waals surface area contributed by atoms with Crippen LogP contribution in [0.1, 0.15) is 44.2 Å². The molecule has 1 saturated heterocycles. The normalized spacial score (nSPS) is 26.8. The zero-order valence-corrected chi connectivity index (χ0v) is 21.4. The first kappa shape index (κ1) is 27.0. The number of amidine groups is 1. The van der Waals surface area contributed by atoms with Crippen molar-refractivity contribution < 1.29 is 23.4 Å². The SMILES string of the molecule is CC[C@@]1(C(O)CO)CC2=C(C(=N)/C=C\CC(F)F)[C@H](c3ccc(F)cc3Cl)N=C(C3CC=CS3)N2C1. The third-order valence-electron chi connectivity index (χ3n) is 7.15. The Morgan fingerprint density at radius 2 is 2.19 bits per heavy atom. The van der Waals surface area contributed by atoms with Gasteiger partial charge in [0, 0.05) is 40.2 Å². The molecule has 194 valence electrons. The van der Waals surface area contributed by atoms with Crippen LogP contribution in [0.4, 0.5) is 13.2 Å². The summed E-state index contributed by atoms with van der Waals surface area (Å²) in [5, 5.41) is 31.7. The van der Waals surface area contributed by atoms with Crippen LogP contribution in [0, 0.1) is 16.6 Å². The number of halogens is 4. The van der Waals surface area contributed by atoms with Gasteiger partial charge in [0.05, 0.1) is 23.7 Å². The zero-order valence-electron chi connectivity index (χ0n) is 19.8. The molecule has 5 nitrogen and oxygen atoms in total. The maximum Gasteiger partial charge on any atom is 0.242 e. The highest BCUT2D eigenvalue weighted by Gasteiger charge is 2.50. The highest BCUT2D eigenvalue weighted by atomic mass is 35.5. The number of benzene rings is 1. The number of hydrogen-bond donors (Lipinski definition) is 3. The quantitative estimate of drug-likeness (QED) is 0.342. The van der Waals surface area contributed by atoms with Crippen molar-refractivity contribution in [2.24, 2.45) is 10.4 Å². The topological polar surface area (TPSA) is 79.9 Å². The van der Waals surface area contributed by atoms with E-state index in [-0.39, 0.29) is 16.0 Å². The van der Waals surface area contributed by atoms with Gasteiger partial charge in [-0.15, -0.1) is 11.8 Å². The summed E-state index contributed by atoms with van der Waals surface area (Å²) in [6.07, 6.45) is 2.33. The molecule has 4 atom stereocenters. The predicted octanol–water partition coefficient (Wildman–Crippen LogP) is 5.89. The van der Waals surface area contributed by atoms with Crippen molar-refractivity contribution in [2.75, 3.05) is 13.2 Å². The molecular formula is C26H29ClF3N3O2S.